The Morgan fingerprint density at radius 3 is 2.10 bits per heavy atom. The Morgan fingerprint density at radius 2 is 1.55 bits per heavy atom. The van der Waals surface area contributed by atoms with Gasteiger partial charge in [-0.3, -0.25) is 0 Å². The van der Waals surface area contributed by atoms with Crippen molar-refractivity contribution in [3.05, 3.63) is 59.7 Å². The van der Waals surface area contributed by atoms with Crippen molar-refractivity contribution in [2.24, 2.45) is 5.92 Å². The summed E-state index contributed by atoms with van der Waals surface area (Å²) in [5, 5.41) is 2.69. The van der Waals surface area contributed by atoms with Gasteiger partial charge < -0.3 is 14.8 Å². The molecule has 5 nitrogen and oxygen atoms in total. The molecule has 0 spiro atoms. The first kappa shape index (κ1) is 20.9. The number of carbonyl (C=O) groups excluding carboxylic acids is 2. The highest BCUT2D eigenvalue weighted by atomic mass is 16.6. The summed E-state index contributed by atoms with van der Waals surface area (Å²) in [6, 6.07) is 15.7. The average Bonchev–Trinajstić information content (AvgIpc) is 3.03. The maximum Gasteiger partial charge on any atom is 0.407 e. The number of hydrogen-bond acceptors (Lipinski definition) is 4. The molecule has 0 radical (unpaired) electrons. The zero-order chi connectivity index (χ0) is 20.8. The zero-order valence-corrected chi connectivity index (χ0v) is 17.3. The van der Waals surface area contributed by atoms with Crippen LogP contribution in [0.15, 0.2) is 48.5 Å². The van der Waals surface area contributed by atoms with Crippen LogP contribution < -0.4 is 5.32 Å². The van der Waals surface area contributed by atoms with Gasteiger partial charge in [0.05, 0.1) is 6.61 Å². The second-order valence-electron chi connectivity index (χ2n) is 7.82. The standard InChI is InChI=1S/C24H29NO4/c1-4-13-28-23(26)22(14-16(2)3)25-24(27)29-15-21-19-11-7-5-9-17(19)18-10-6-8-12-20(18)21/h5-12,16,21-22H,4,13-15H2,1-3H3,(H,25,27). The van der Waals surface area contributed by atoms with Crippen LogP contribution in [-0.4, -0.2) is 31.3 Å². The fraction of sp³-hybridized carbons (Fsp3) is 0.417. The smallest absolute Gasteiger partial charge is 0.407 e. The van der Waals surface area contributed by atoms with Crippen LogP contribution >= 0.6 is 0 Å². The number of esters is 1. The Kier molecular flexibility index (Phi) is 6.91. The lowest BCUT2D eigenvalue weighted by atomic mass is 9.98. The summed E-state index contributed by atoms with van der Waals surface area (Å²) >= 11 is 0. The molecule has 0 saturated carbocycles. The van der Waals surface area contributed by atoms with Crippen molar-refractivity contribution in [1.29, 1.82) is 0 Å². The largest absolute Gasteiger partial charge is 0.464 e. The van der Waals surface area contributed by atoms with Gasteiger partial charge in [-0.25, -0.2) is 9.59 Å². The monoisotopic (exact) mass is 395 g/mol. The Bertz CT molecular complexity index is 816. The van der Waals surface area contributed by atoms with Crippen LogP contribution in [0, 0.1) is 5.92 Å². The van der Waals surface area contributed by atoms with E-state index in [0.717, 1.165) is 17.5 Å². The number of carbonyl (C=O) groups is 2. The normalized spacial score (nSPS) is 13.5. The first-order valence-electron chi connectivity index (χ1n) is 10.3. The minimum Gasteiger partial charge on any atom is -0.464 e. The lowest BCUT2D eigenvalue weighted by Gasteiger charge is -2.20. The lowest BCUT2D eigenvalue weighted by molar-refractivity contribution is -0.146. The molecular formula is C24H29NO4. The minimum atomic E-state index is -0.697. The first-order valence-corrected chi connectivity index (χ1v) is 10.3. The number of benzene rings is 2. The number of ether oxygens (including phenoxy) is 2. The summed E-state index contributed by atoms with van der Waals surface area (Å²) in [5.41, 5.74) is 4.67. The van der Waals surface area contributed by atoms with E-state index in [0.29, 0.717) is 13.0 Å². The van der Waals surface area contributed by atoms with Gasteiger partial charge in [-0.15, -0.1) is 0 Å². The number of amides is 1. The highest BCUT2D eigenvalue weighted by Gasteiger charge is 2.30. The molecular weight excluding hydrogens is 366 g/mol. The zero-order valence-electron chi connectivity index (χ0n) is 17.3. The van der Waals surface area contributed by atoms with Gasteiger partial charge in [0, 0.05) is 5.92 Å². The molecule has 2 aromatic rings. The molecule has 2 aromatic carbocycles. The predicted octanol–water partition coefficient (Wildman–Crippen LogP) is 4.89. The second kappa shape index (κ2) is 9.59. The molecule has 0 heterocycles. The second-order valence-corrected chi connectivity index (χ2v) is 7.82. The number of nitrogens with one attached hydrogen (secondary N) is 1. The molecule has 0 fully saturated rings. The van der Waals surface area contributed by atoms with Crippen LogP contribution in [0.3, 0.4) is 0 Å². The lowest BCUT2D eigenvalue weighted by Crippen LogP contribution is -2.43. The predicted molar refractivity (Wildman–Crippen MR) is 113 cm³/mol. The molecule has 0 saturated heterocycles. The van der Waals surface area contributed by atoms with E-state index in [9.17, 15) is 9.59 Å². The molecule has 1 aliphatic rings. The van der Waals surface area contributed by atoms with Crippen LogP contribution in [0.5, 0.6) is 0 Å². The topological polar surface area (TPSA) is 64.6 Å². The molecule has 0 aliphatic heterocycles. The third-order valence-electron chi connectivity index (χ3n) is 5.08. The van der Waals surface area contributed by atoms with E-state index in [1.54, 1.807) is 0 Å². The first-order chi connectivity index (χ1) is 14.0. The molecule has 1 N–H and O–H groups in total. The van der Waals surface area contributed by atoms with Gasteiger partial charge in [0.25, 0.3) is 0 Å². The van der Waals surface area contributed by atoms with Crippen LogP contribution in [-0.2, 0) is 14.3 Å². The average molecular weight is 395 g/mol. The quantitative estimate of drug-likeness (QED) is 0.646. The summed E-state index contributed by atoms with van der Waals surface area (Å²) in [6.07, 6.45) is 0.656. The fourth-order valence-electron chi connectivity index (χ4n) is 3.77. The van der Waals surface area contributed by atoms with E-state index in [1.165, 1.54) is 11.1 Å². The Labute approximate surface area is 172 Å². The van der Waals surface area contributed by atoms with Crippen LogP contribution in [0.1, 0.15) is 50.7 Å². The third-order valence-corrected chi connectivity index (χ3v) is 5.08. The van der Waals surface area contributed by atoms with E-state index in [-0.39, 0.29) is 18.4 Å². The van der Waals surface area contributed by atoms with Crippen LogP contribution in [0.4, 0.5) is 4.79 Å². The summed E-state index contributed by atoms with van der Waals surface area (Å²) in [7, 11) is 0. The van der Waals surface area contributed by atoms with E-state index < -0.39 is 18.1 Å². The Morgan fingerprint density at radius 1 is 0.966 bits per heavy atom. The molecule has 1 atom stereocenters. The maximum absolute atomic E-state index is 12.5. The molecule has 0 bridgehead atoms. The van der Waals surface area contributed by atoms with Crippen molar-refractivity contribution in [2.75, 3.05) is 13.2 Å². The van der Waals surface area contributed by atoms with Gasteiger partial charge >= 0.3 is 12.1 Å². The fourth-order valence-corrected chi connectivity index (χ4v) is 3.77. The Balaban J connectivity index is 1.66. The summed E-state index contributed by atoms with van der Waals surface area (Å²) in [5.74, 6) is -0.180. The number of fused-ring (bicyclic) bond motifs is 3. The summed E-state index contributed by atoms with van der Waals surface area (Å²) in [6.45, 7) is 6.50. The van der Waals surface area contributed by atoms with Crippen molar-refractivity contribution < 1.29 is 19.1 Å². The molecule has 1 unspecified atom stereocenters. The molecule has 1 amide bonds. The number of rotatable bonds is 8. The van der Waals surface area contributed by atoms with Crippen molar-refractivity contribution in [3.63, 3.8) is 0 Å². The van der Waals surface area contributed by atoms with Gasteiger partial charge in [-0.1, -0.05) is 69.3 Å². The molecule has 154 valence electrons. The van der Waals surface area contributed by atoms with E-state index in [4.69, 9.17) is 9.47 Å². The van der Waals surface area contributed by atoms with Gasteiger partial charge in [0.1, 0.15) is 12.6 Å². The molecule has 3 rings (SSSR count). The number of hydrogen-bond donors (Lipinski definition) is 1. The number of alkyl carbamates (subject to hydrolysis) is 1. The SMILES string of the molecule is CCCOC(=O)C(CC(C)C)NC(=O)OCC1c2ccccc2-c2ccccc21. The van der Waals surface area contributed by atoms with Gasteiger partial charge in [-0.2, -0.15) is 0 Å². The van der Waals surface area contributed by atoms with Crippen molar-refractivity contribution in [1.82, 2.24) is 5.32 Å². The molecule has 29 heavy (non-hydrogen) atoms. The van der Waals surface area contributed by atoms with Gasteiger partial charge in [0.15, 0.2) is 0 Å². The summed E-state index contributed by atoms with van der Waals surface area (Å²) in [4.78, 5) is 24.7. The maximum atomic E-state index is 12.5. The van der Waals surface area contributed by atoms with Crippen molar-refractivity contribution in [3.8, 4) is 11.1 Å². The highest BCUT2D eigenvalue weighted by molar-refractivity contribution is 5.82. The molecule has 1 aliphatic carbocycles. The van der Waals surface area contributed by atoms with Gasteiger partial charge in [-0.05, 0) is 41.0 Å². The molecule has 0 aromatic heterocycles. The highest BCUT2D eigenvalue weighted by Crippen LogP contribution is 2.44. The van der Waals surface area contributed by atoms with Crippen molar-refractivity contribution >= 4 is 12.1 Å². The van der Waals surface area contributed by atoms with Gasteiger partial charge in [0.2, 0.25) is 0 Å². The van der Waals surface area contributed by atoms with Crippen LogP contribution in [0.2, 0.25) is 0 Å². The van der Waals surface area contributed by atoms with E-state index in [2.05, 4.69) is 29.6 Å². The third kappa shape index (κ3) is 4.97. The molecule has 5 heteroatoms. The van der Waals surface area contributed by atoms with E-state index in [1.807, 2.05) is 45.0 Å². The minimum absolute atomic E-state index is 0.0104. The van der Waals surface area contributed by atoms with E-state index >= 15 is 0 Å². The Hall–Kier alpha value is -2.82. The van der Waals surface area contributed by atoms with Crippen LogP contribution in [0.25, 0.3) is 11.1 Å². The summed E-state index contributed by atoms with van der Waals surface area (Å²) < 4.78 is 10.8. The van der Waals surface area contributed by atoms with Crippen molar-refractivity contribution in [2.45, 2.75) is 45.6 Å².